The molecule has 0 aliphatic carbocycles. The van der Waals surface area contributed by atoms with Gasteiger partial charge in [-0.25, -0.2) is 0 Å². The minimum atomic E-state index is 0.135. The lowest BCUT2D eigenvalue weighted by Gasteiger charge is -2.29. The molecule has 0 N–H and O–H groups in total. The number of aromatic nitrogens is 3. The number of hydrogen-bond donors (Lipinski definition) is 0. The Morgan fingerprint density at radius 3 is 2.96 bits per heavy atom. The molecule has 3 rings (SSSR count). The molecule has 1 aliphatic rings. The Kier molecular flexibility index (Phi) is 7.29. The topological polar surface area (TPSA) is 60.2 Å². The summed E-state index contributed by atoms with van der Waals surface area (Å²) in [5.41, 5.74) is 2.32. The summed E-state index contributed by atoms with van der Waals surface area (Å²) in [6.45, 7) is 4.45. The normalized spacial score (nSPS) is 13.6. The van der Waals surface area contributed by atoms with Crippen LogP contribution >= 0.6 is 11.8 Å². The first kappa shape index (κ1) is 19.9. The largest absolute Gasteiger partial charge is 0.385 e. The molecule has 1 amide bonds. The van der Waals surface area contributed by atoms with E-state index < -0.39 is 0 Å². The minimum Gasteiger partial charge on any atom is -0.385 e. The number of fused-ring (bicyclic) bond motifs is 1. The summed E-state index contributed by atoms with van der Waals surface area (Å²) in [5, 5.41) is 9.50. The number of aryl methyl sites for hydroxylation is 2. The Hall–Kier alpha value is -1.86. The highest BCUT2D eigenvalue weighted by Gasteiger charge is 2.23. The number of methoxy groups -OCH3 is 1. The van der Waals surface area contributed by atoms with Crippen molar-refractivity contribution in [3.05, 3.63) is 35.7 Å². The van der Waals surface area contributed by atoms with Crippen LogP contribution in [-0.2, 0) is 28.9 Å². The molecule has 0 radical (unpaired) electrons. The van der Waals surface area contributed by atoms with Crippen LogP contribution in [0.15, 0.2) is 29.4 Å². The van der Waals surface area contributed by atoms with Crippen LogP contribution in [0.3, 0.4) is 0 Å². The van der Waals surface area contributed by atoms with Gasteiger partial charge >= 0.3 is 0 Å². The number of anilines is 1. The van der Waals surface area contributed by atoms with Gasteiger partial charge in [0, 0.05) is 38.9 Å². The van der Waals surface area contributed by atoms with Crippen LogP contribution < -0.4 is 4.90 Å². The number of rotatable bonds is 9. The van der Waals surface area contributed by atoms with Gasteiger partial charge in [0.05, 0.1) is 5.75 Å². The van der Waals surface area contributed by atoms with Crippen molar-refractivity contribution < 1.29 is 9.53 Å². The van der Waals surface area contributed by atoms with E-state index in [9.17, 15) is 4.79 Å². The summed E-state index contributed by atoms with van der Waals surface area (Å²) in [5.74, 6) is 1.51. The zero-order chi connectivity index (χ0) is 19.1. The van der Waals surface area contributed by atoms with Crippen LogP contribution in [0.5, 0.6) is 0 Å². The van der Waals surface area contributed by atoms with Gasteiger partial charge in [-0.2, -0.15) is 0 Å². The van der Waals surface area contributed by atoms with E-state index in [0.717, 1.165) is 61.9 Å². The number of hydrogen-bond acceptors (Lipinski definition) is 5. The second-order valence-electron chi connectivity index (χ2n) is 6.71. The average molecular weight is 389 g/mol. The smallest absolute Gasteiger partial charge is 0.237 e. The summed E-state index contributed by atoms with van der Waals surface area (Å²) in [7, 11) is 1.71. The predicted molar refractivity (Wildman–Crippen MR) is 108 cm³/mol. The molecule has 1 aliphatic heterocycles. The van der Waals surface area contributed by atoms with Crippen LogP contribution in [0.25, 0.3) is 0 Å². The molecule has 2 heterocycles. The van der Waals surface area contributed by atoms with E-state index in [1.54, 1.807) is 7.11 Å². The summed E-state index contributed by atoms with van der Waals surface area (Å²) < 4.78 is 7.31. The van der Waals surface area contributed by atoms with Crippen LogP contribution in [0.4, 0.5) is 5.69 Å². The van der Waals surface area contributed by atoms with E-state index in [2.05, 4.69) is 27.8 Å². The monoisotopic (exact) mass is 388 g/mol. The van der Waals surface area contributed by atoms with E-state index in [-0.39, 0.29) is 5.91 Å². The van der Waals surface area contributed by atoms with Crippen LogP contribution in [0.2, 0.25) is 0 Å². The van der Waals surface area contributed by atoms with Gasteiger partial charge < -0.3 is 14.2 Å². The van der Waals surface area contributed by atoms with E-state index in [1.807, 2.05) is 23.1 Å². The molecular formula is C20H28N4O2S. The molecule has 0 saturated heterocycles. The Labute approximate surface area is 165 Å². The Morgan fingerprint density at radius 1 is 1.30 bits per heavy atom. The van der Waals surface area contributed by atoms with Crippen LogP contribution in [-0.4, -0.2) is 46.7 Å². The van der Waals surface area contributed by atoms with Gasteiger partial charge in [-0.05, 0) is 37.3 Å². The lowest BCUT2D eigenvalue weighted by atomic mass is 10.0. The summed E-state index contributed by atoms with van der Waals surface area (Å²) in [4.78, 5) is 14.8. The Morgan fingerprint density at radius 2 is 2.15 bits per heavy atom. The van der Waals surface area contributed by atoms with Crippen LogP contribution in [0, 0.1) is 0 Å². The van der Waals surface area contributed by atoms with E-state index in [0.29, 0.717) is 12.4 Å². The molecule has 6 nitrogen and oxygen atoms in total. The third-order valence-electron chi connectivity index (χ3n) is 4.73. The number of nitrogens with zero attached hydrogens (tertiary/aromatic N) is 4. The highest BCUT2D eigenvalue weighted by atomic mass is 32.2. The number of amides is 1. The zero-order valence-electron chi connectivity index (χ0n) is 16.2. The van der Waals surface area contributed by atoms with Crippen molar-refractivity contribution in [2.45, 2.75) is 50.7 Å². The lowest BCUT2D eigenvalue weighted by molar-refractivity contribution is -0.116. The van der Waals surface area contributed by atoms with Crippen LogP contribution in [0.1, 0.15) is 37.6 Å². The van der Waals surface area contributed by atoms with Crippen molar-refractivity contribution >= 4 is 23.4 Å². The molecule has 0 saturated carbocycles. The predicted octanol–water partition coefficient (Wildman–Crippen LogP) is 3.34. The van der Waals surface area contributed by atoms with Gasteiger partial charge in [0.2, 0.25) is 5.91 Å². The maximum absolute atomic E-state index is 12.9. The summed E-state index contributed by atoms with van der Waals surface area (Å²) in [6.07, 6.45) is 4.89. The highest BCUT2D eigenvalue weighted by molar-refractivity contribution is 7.99. The molecule has 0 spiro atoms. The summed E-state index contributed by atoms with van der Waals surface area (Å²) >= 11 is 1.49. The number of carbonyl (C=O) groups is 1. The maximum atomic E-state index is 12.9. The van der Waals surface area contributed by atoms with Crippen molar-refractivity contribution in [3.63, 3.8) is 0 Å². The average Bonchev–Trinajstić information content (AvgIpc) is 3.08. The Balaban J connectivity index is 1.67. The summed E-state index contributed by atoms with van der Waals surface area (Å²) in [6, 6.07) is 8.20. The van der Waals surface area contributed by atoms with Crippen molar-refractivity contribution in [3.8, 4) is 0 Å². The van der Waals surface area contributed by atoms with Crippen molar-refractivity contribution in [2.75, 3.05) is 30.9 Å². The highest BCUT2D eigenvalue weighted by Crippen LogP contribution is 2.28. The van der Waals surface area contributed by atoms with Crippen molar-refractivity contribution in [2.24, 2.45) is 0 Å². The van der Waals surface area contributed by atoms with E-state index >= 15 is 0 Å². The van der Waals surface area contributed by atoms with Gasteiger partial charge in [0.1, 0.15) is 5.82 Å². The van der Waals surface area contributed by atoms with E-state index in [1.165, 1.54) is 17.3 Å². The fourth-order valence-electron chi connectivity index (χ4n) is 3.42. The third kappa shape index (κ3) is 4.90. The first-order valence-corrected chi connectivity index (χ1v) is 10.6. The number of carbonyl (C=O) groups excluding carboxylic acids is 1. The van der Waals surface area contributed by atoms with Gasteiger partial charge in [-0.15, -0.1) is 10.2 Å². The lowest BCUT2D eigenvalue weighted by Crippen LogP contribution is -2.36. The third-order valence-corrected chi connectivity index (χ3v) is 5.68. The standard InChI is InChI=1S/C20H28N4O2S/c1-3-8-18-21-22-20(24(18)13-7-14-26-2)27-15-19(25)23-12-6-10-16-9-4-5-11-17(16)23/h4-5,9,11H,3,6-8,10,12-15H2,1-2H3. The van der Waals surface area contributed by atoms with Crippen molar-refractivity contribution in [1.29, 1.82) is 0 Å². The number of ether oxygens (including phenoxy) is 1. The second kappa shape index (κ2) is 9.90. The molecule has 0 unspecified atom stereocenters. The van der Waals surface area contributed by atoms with Gasteiger partial charge in [-0.3, -0.25) is 4.79 Å². The molecule has 1 aromatic carbocycles. The fraction of sp³-hybridized carbons (Fsp3) is 0.550. The molecule has 2 aromatic rings. The second-order valence-corrected chi connectivity index (χ2v) is 7.66. The fourth-order valence-corrected chi connectivity index (χ4v) is 4.28. The van der Waals surface area contributed by atoms with Gasteiger partial charge in [0.15, 0.2) is 5.16 Å². The molecule has 0 bridgehead atoms. The van der Waals surface area contributed by atoms with E-state index in [4.69, 9.17) is 4.74 Å². The molecule has 27 heavy (non-hydrogen) atoms. The molecule has 0 fully saturated rings. The SMILES string of the molecule is CCCc1nnc(SCC(=O)N2CCCc3ccccc32)n1CCCOC. The molecule has 146 valence electrons. The Bertz CT molecular complexity index is 762. The molecule has 7 heteroatoms. The number of thioether (sulfide) groups is 1. The molecular weight excluding hydrogens is 360 g/mol. The minimum absolute atomic E-state index is 0.135. The molecule has 1 aromatic heterocycles. The van der Waals surface area contributed by atoms with Gasteiger partial charge in [0.25, 0.3) is 0 Å². The zero-order valence-corrected chi connectivity index (χ0v) is 17.0. The molecule has 0 atom stereocenters. The number of benzene rings is 1. The maximum Gasteiger partial charge on any atom is 0.237 e. The number of para-hydroxylation sites is 1. The quantitative estimate of drug-likeness (QED) is 0.487. The van der Waals surface area contributed by atoms with Gasteiger partial charge in [-0.1, -0.05) is 36.9 Å². The van der Waals surface area contributed by atoms with Crippen molar-refractivity contribution in [1.82, 2.24) is 14.8 Å². The first-order valence-electron chi connectivity index (χ1n) is 9.66. The first-order chi connectivity index (χ1) is 13.2.